The lowest BCUT2D eigenvalue weighted by Gasteiger charge is -2.32. The largest absolute Gasteiger partial charge is 0.466 e. The number of hydrogen-bond donors (Lipinski definition) is 1. The summed E-state index contributed by atoms with van der Waals surface area (Å²) in [6.45, 7) is 43.8. The third-order valence-electron chi connectivity index (χ3n) is 15.5. The highest BCUT2D eigenvalue weighted by molar-refractivity contribution is 9.22. The fourth-order valence-electron chi connectivity index (χ4n) is 8.28. The summed E-state index contributed by atoms with van der Waals surface area (Å²) in [4.78, 5) is 88.3. The van der Waals surface area contributed by atoms with Crippen LogP contribution < -0.4 is 0 Å². The Bertz CT molecular complexity index is 2960. The summed E-state index contributed by atoms with van der Waals surface area (Å²) in [7, 11) is 53.2. The van der Waals surface area contributed by atoms with E-state index in [4.69, 9.17) is 23.7 Å². The van der Waals surface area contributed by atoms with Crippen molar-refractivity contribution < 1.29 is 81.4 Å². The van der Waals surface area contributed by atoms with E-state index in [1.807, 2.05) is 71.9 Å². The van der Waals surface area contributed by atoms with Crippen LogP contribution in [0.25, 0.3) is 0 Å². The van der Waals surface area contributed by atoms with Gasteiger partial charge in [0.05, 0.1) is 60.0 Å². The molecular formula is C85H188O17P28. The average Bonchev–Trinajstić information content (AvgIpc) is 0.903. The molecular weight excluding hydrogens is 2160 g/mol. The molecule has 1 N–H and O–H groups in total. The van der Waals surface area contributed by atoms with Crippen molar-refractivity contribution in [2.45, 2.75) is 294 Å². The second-order valence-corrected chi connectivity index (χ2v) is 127. The fourth-order valence-corrected chi connectivity index (χ4v) is 206. The number of unbranched alkanes of at least 4 members (excludes halogenated alkanes) is 5. The lowest BCUT2D eigenvalue weighted by atomic mass is 9.97. The average molecular weight is 2350 g/mol. The van der Waals surface area contributed by atoms with Crippen molar-refractivity contribution in [3.05, 3.63) is 121 Å². The summed E-state index contributed by atoms with van der Waals surface area (Å²) in [5, 5.41) is 9.58. The topological polar surface area (TPSA) is 231 Å². The monoisotopic (exact) mass is 2350 g/mol. The molecule has 0 aromatic heterocycles. The zero-order chi connectivity index (χ0) is 99.0. The molecule has 0 fully saturated rings. The molecule has 0 aromatic rings. The highest BCUT2D eigenvalue weighted by Crippen LogP contribution is 3.16. The van der Waals surface area contributed by atoms with Gasteiger partial charge >= 0.3 is 47.8 Å². The summed E-state index contributed by atoms with van der Waals surface area (Å²) < 4.78 is 38.3. The maximum Gasteiger partial charge on any atom is 0.330 e. The lowest BCUT2D eigenvalue weighted by Crippen LogP contribution is -2.18. The van der Waals surface area contributed by atoms with E-state index >= 15 is 0 Å². The van der Waals surface area contributed by atoms with Gasteiger partial charge in [-0.15, -0.1) is 149 Å². The van der Waals surface area contributed by atoms with Gasteiger partial charge in [-0.05, 0) is 250 Å². The maximum atomic E-state index is 11.4. The number of aliphatic hydroxyl groups is 1. The van der Waals surface area contributed by atoms with Gasteiger partial charge in [0.15, 0.2) is 0 Å². The van der Waals surface area contributed by atoms with Gasteiger partial charge in [-0.25, -0.2) is 38.4 Å². The minimum absolute atomic E-state index is 0. The number of allylic oxidation sites excluding steroid dienone is 10. The van der Waals surface area contributed by atoms with Crippen LogP contribution in [0.2, 0.25) is 0 Å². The van der Waals surface area contributed by atoms with Crippen molar-refractivity contribution in [3.8, 4) is 0 Å². The van der Waals surface area contributed by atoms with Crippen molar-refractivity contribution in [1.82, 2.24) is 0 Å². The molecule has 0 aliphatic heterocycles. The highest BCUT2D eigenvalue weighted by Gasteiger charge is 2.27. The van der Waals surface area contributed by atoms with Gasteiger partial charge in [0, 0.05) is 48.6 Å². The molecule has 0 aliphatic rings. The van der Waals surface area contributed by atoms with Gasteiger partial charge < -0.3 is 43.0 Å². The normalized spacial score (nSPS) is 12.8. The lowest BCUT2D eigenvalue weighted by molar-refractivity contribution is -0.138. The van der Waals surface area contributed by atoms with Crippen molar-refractivity contribution in [1.29, 1.82) is 0 Å². The van der Waals surface area contributed by atoms with Crippen molar-refractivity contribution in [2.75, 3.05) is 54.4 Å². The number of carbonyl (C=O) groups is 8. The third kappa shape index (κ3) is 135. The van der Waals surface area contributed by atoms with Crippen LogP contribution in [-0.2, 0) is 76.3 Å². The van der Waals surface area contributed by atoms with Crippen LogP contribution in [0.5, 0.6) is 0 Å². The molecule has 0 spiro atoms. The van der Waals surface area contributed by atoms with E-state index in [2.05, 4.69) is 246 Å². The maximum absolute atomic E-state index is 11.4. The first-order valence-corrected chi connectivity index (χ1v) is 90.2. The van der Waals surface area contributed by atoms with Gasteiger partial charge in [-0.3, -0.25) is 0 Å². The molecule has 0 amide bonds. The predicted molar refractivity (Wildman–Crippen MR) is 669 cm³/mol. The third-order valence-corrected chi connectivity index (χ3v) is 153. The van der Waals surface area contributed by atoms with Crippen molar-refractivity contribution in [3.63, 3.8) is 0 Å². The molecule has 17 nitrogen and oxygen atoms in total. The molecule has 770 valence electrons. The first-order chi connectivity index (χ1) is 59.0. The Hall–Kier alpha value is 5.16. The predicted octanol–water partition coefficient (Wildman–Crippen LogP) is 36.7. The Morgan fingerprint density at radius 2 is 0.692 bits per heavy atom. The van der Waals surface area contributed by atoms with Gasteiger partial charge in [-0.1, -0.05) is 219 Å². The molecule has 130 heavy (non-hydrogen) atoms. The smallest absolute Gasteiger partial charge is 0.330 e. The number of rotatable bonds is 55. The Balaban J connectivity index is -0.000000110. The molecule has 0 heterocycles. The first kappa shape index (κ1) is 163. The van der Waals surface area contributed by atoms with Crippen molar-refractivity contribution in [2.24, 2.45) is 29.6 Å². The van der Waals surface area contributed by atoms with E-state index in [-0.39, 0.29) is 147 Å². The fraction of sp³-hybridized carbons (Fsp3) is 0.671. The molecule has 25 unspecified atom stereocenters. The molecule has 0 bridgehead atoms. The number of methoxy groups -OCH3 is 3. The van der Waals surface area contributed by atoms with E-state index in [9.17, 15) is 43.5 Å². The van der Waals surface area contributed by atoms with Gasteiger partial charge in [0.25, 0.3) is 0 Å². The Morgan fingerprint density at radius 1 is 0.400 bits per heavy atom. The molecule has 25 atom stereocenters. The molecule has 0 aliphatic carbocycles. The van der Waals surface area contributed by atoms with E-state index < -0.39 is 11.6 Å². The van der Waals surface area contributed by atoms with E-state index in [1.165, 1.54) is 62.9 Å². The van der Waals surface area contributed by atoms with Gasteiger partial charge in [0.2, 0.25) is 0 Å². The summed E-state index contributed by atoms with van der Waals surface area (Å²) >= 11 is 0. The second kappa shape index (κ2) is 118. The van der Waals surface area contributed by atoms with E-state index in [0.717, 1.165) is 175 Å². The summed E-state index contributed by atoms with van der Waals surface area (Å²) in [5.41, 5.74) is 2.99. The van der Waals surface area contributed by atoms with Crippen LogP contribution in [0.4, 0.5) is 0 Å². The molecule has 0 radical (unpaired) electrons. The van der Waals surface area contributed by atoms with E-state index in [1.54, 1.807) is 18.2 Å². The summed E-state index contributed by atoms with van der Waals surface area (Å²) in [5.74, 6) is -0.523. The van der Waals surface area contributed by atoms with Gasteiger partial charge in [0.1, 0.15) is 0 Å². The number of carbonyl (C=O) groups excluding carboxylic acids is 8. The number of hydrogen-bond acceptors (Lipinski definition) is 17. The molecule has 0 saturated carbocycles. The van der Waals surface area contributed by atoms with Crippen LogP contribution in [0.3, 0.4) is 0 Å². The molecule has 0 rings (SSSR count). The van der Waals surface area contributed by atoms with Crippen molar-refractivity contribution >= 4 is 276 Å². The van der Waals surface area contributed by atoms with E-state index in [0.29, 0.717) is 56.7 Å². The Kier molecular flexibility index (Phi) is 148. The van der Waals surface area contributed by atoms with Crippen LogP contribution in [-0.4, -0.2) is 113 Å². The van der Waals surface area contributed by atoms with Crippen LogP contribution in [0.15, 0.2) is 121 Å². The first-order valence-electron chi connectivity index (χ1n) is 41.9. The standard InChI is InChI=1S/C17H28O4.C15H24O4.C15H28O3.2C15H26O2.C4H6O2.4CH4.H14P12.H13P11.H7P5/c1-5-6-12-21-16(18)11-10-14(2)8-7-9-15(3)13-17(19)20-4;1-4-5-12-19-15(17)11-10-13(2)8-6-7-9-14(16)18-3;1-5-6-12-18-14(16)10-9-13(2)8-7-11-15(3,4)17;2*1-5-6-12-17-15(16)11-10-14(4)9-7-8-13(2)3;1-3-4(5)6-2;;;;;1-8(2)11(7)12(9(3)4)10(5)6;1-7-10(6)11(8(2)3)9(4)5;1-4-5(2)3/h10-11,13-14H,5-9,12H2,1-4H3;7,9-11,13H,4-6,8,12H2,1-3H3;9-10,13,17H,5-8,11-12H2,1-4H3;8,10-11,14H,5-7,9,12H2,1-4H3;10-11,14H,2,5-9,12H2,1,3-4H3;3H,1H2,2H3;4*1H4;1-7H2;7H,1-6H2;4H,1-3H2/b11-10+,15-13-;9-7+,11-10+;10-9+;2*11-10+;;;;;;;;. The SMILES string of the molecule is C.C.C.C.C=C(C)CCCC(C)/C=C/C(=O)OCCCC.C=CC(=O)OC.CCCCOC(=O)/C=C/C(C)CC/C=C/C(=O)OC.CCCCOC(=O)/C=C/C(C)CCC/C(C)=C\C(=O)OC.CCCCOC(=O)/C=C/C(C)CCC=C(C)C.CCCCOC(=O)/C=C/C(C)CCCC(C)(C)O.PP(P)P(P)P(P(P)P)P(P)P.PPP(P)P.PPP(P)P(P(P)P)P(P)P. The zero-order valence-corrected chi connectivity index (χ0v) is 109. The number of esters is 8. The summed E-state index contributed by atoms with van der Waals surface area (Å²) in [6, 6.07) is 0. The quantitative estimate of drug-likeness (QED) is 0.0149. The number of ether oxygens (including phenoxy) is 8. The molecule has 45 heteroatoms. The zero-order valence-electron chi connectivity index (χ0n) is 79.4. The Labute approximate surface area is 849 Å². The van der Waals surface area contributed by atoms with Crippen LogP contribution in [0.1, 0.15) is 288 Å². The molecule has 0 saturated heterocycles. The minimum Gasteiger partial charge on any atom is -0.466 e. The van der Waals surface area contributed by atoms with Crippen LogP contribution in [0, 0.1) is 29.6 Å². The highest BCUT2D eigenvalue weighted by atomic mass is 33.3. The van der Waals surface area contributed by atoms with Crippen LogP contribution >= 0.6 is 229 Å². The minimum atomic E-state index is -0.595. The summed E-state index contributed by atoms with van der Waals surface area (Å²) in [6.07, 6.45) is 47.5. The molecule has 0 aromatic carbocycles. The second-order valence-electron chi connectivity index (χ2n) is 29.1. The Morgan fingerprint density at radius 3 is 0.915 bits per heavy atom. The van der Waals surface area contributed by atoms with Gasteiger partial charge in [-0.2, -0.15) is 0 Å².